The number of para-hydroxylation sites is 2. The molecule has 0 fully saturated rings. The molecule has 0 aromatic heterocycles. The molecule has 2 aromatic carbocycles. The van der Waals surface area contributed by atoms with Crippen molar-refractivity contribution in [2.75, 3.05) is 4.90 Å². The summed E-state index contributed by atoms with van der Waals surface area (Å²) in [6.45, 7) is 6.06. The molecule has 1 aliphatic heterocycles. The van der Waals surface area contributed by atoms with Crippen molar-refractivity contribution in [3.8, 4) is 0 Å². The van der Waals surface area contributed by atoms with Crippen LogP contribution in [0.2, 0.25) is 0 Å². The van der Waals surface area contributed by atoms with Gasteiger partial charge in [0.1, 0.15) is 0 Å². The Labute approximate surface area is 126 Å². The molecule has 1 unspecified atom stereocenters. The minimum absolute atomic E-state index is 0.305. The van der Waals surface area contributed by atoms with Crippen LogP contribution < -0.4 is 4.90 Å². The van der Waals surface area contributed by atoms with Gasteiger partial charge in [-0.1, -0.05) is 55.1 Å². The van der Waals surface area contributed by atoms with Gasteiger partial charge in [0.25, 0.3) is 0 Å². The number of hydrogen-bond donors (Lipinski definition) is 0. The molecule has 0 radical (unpaired) electrons. The lowest BCUT2D eigenvalue weighted by Crippen LogP contribution is -2.21. The van der Waals surface area contributed by atoms with Gasteiger partial charge in [0.05, 0.1) is 5.69 Å². The minimum atomic E-state index is 0.305. The molecule has 0 spiro atoms. The molecule has 0 bridgehead atoms. The summed E-state index contributed by atoms with van der Waals surface area (Å²) in [5.74, 6) is 0.305. The summed E-state index contributed by atoms with van der Waals surface area (Å²) < 4.78 is 0. The van der Waals surface area contributed by atoms with E-state index >= 15 is 0 Å². The number of fused-ring (bicyclic) bond motifs is 1. The maximum atomic E-state index is 3.99. The average molecular weight is 273 g/mol. The number of anilines is 2. The SMILES string of the molecule is C=CC1=CC(/C=C\C)c2ccccc2N1c1ccccc1. The van der Waals surface area contributed by atoms with E-state index in [0.29, 0.717) is 5.92 Å². The summed E-state index contributed by atoms with van der Waals surface area (Å²) in [7, 11) is 0. The van der Waals surface area contributed by atoms with Gasteiger partial charge >= 0.3 is 0 Å². The Morgan fingerprint density at radius 2 is 1.71 bits per heavy atom. The number of benzene rings is 2. The van der Waals surface area contributed by atoms with Crippen molar-refractivity contribution in [3.05, 3.63) is 96.7 Å². The number of hydrogen-bond acceptors (Lipinski definition) is 1. The third-order valence-corrected chi connectivity index (χ3v) is 3.77. The highest BCUT2D eigenvalue weighted by atomic mass is 15.2. The lowest BCUT2D eigenvalue weighted by Gasteiger charge is -2.34. The predicted molar refractivity (Wildman–Crippen MR) is 90.9 cm³/mol. The molecule has 0 saturated carbocycles. The van der Waals surface area contributed by atoms with E-state index in [2.05, 4.69) is 85.2 Å². The van der Waals surface area contributed by atoms with Crippen molar-refractivity contribution in [2.24, 2.45) is 0 Å². The Morgan fingerprint density at radius 1 is 1.00 bits per heavy atom. The van der Waals surface area contributed by atoms with Crippen molar-refractivity contribution in [3.63, 3.8) is 0 Å². The Balaban J connectivity index is 2.19. The Kier molecular flexibility index (Phi) is 3.74. The highest BCUT2D eigenvalue weighted by Crippen LogP contribution is 2.41. The second kappa shape index (κ2) is 5.84. The lowest BCUT2D eigenvalue weighted by molar-refractivity contribution is 0.991. The fourth-order valence-electron chi connectivity index (χ4n) is 2.85. The fourth-order valence-corrected chi connectivity index (χ4v) is 2.85. The van der Waals surface area contributed by atoms with Crippen molar-refractivity contribution in [1.29, 1.82) is 0 Å². The van der Waals surface area contributed by atoms with Gasteiger partial charge in [-0.25, -0.2) is 0 Å². The fraction of sp³-hybridized carbons (Fsp3) is 0.100. The predicted octanol–water partition coefficient (Wildman–Crippen LogP) is 5.57. The van der Waals surface area contributed by atoms with Gasteiger partial charge in [0, 0.05) is 17.3 Å². The van der Waals surface area contributed by atoms with Crippen LogP contribution in [-0.4, -0.2) is 0 Å². The molecule has 104 valence electrons. The van der Waals surface area contributed by atoms with Crippen LogP contribution in [0.15, 0.2) is 91.2 Å². The second-order valence-electron chi connectivity index (χ2n) is 5.08. The molecule has 2 aromatic rings. The lowest BCUT2D eigenvalue weighted by atomic mass is 9.91. The smallest absolute Gasteiger partial charge is 0.0502 e. The van der Waals surface area contributed by atoms with Crippen molar-refractivity contribution in [1.82, 2.24) is 0 Å². The van der Waals surface area contributed by atoms with Gasteiger partial charge in [-0.2, -0.15) is 0 Å². The van der Waals surface area contributed by atoms with Gasteiger partial charge < -0.3 is 4.90 Å². The van der Waals surface area contributed by atoms with E-state index in [4.69, 9.17) is 0 Å². The number of nitrogens with zero attached hydrogens (tertiary/aromatic N) is 1. The minimum Gasteiger partial charge on any atom is -0.311 e. The summed E-state index contributed by atoms with van der Waals surface area (Å²) in [5.41, 5.74) is 4.84. The first-order valence-corrected chi connectivity index (χ1v) is 7.26. The molecule has 1 aliphatic rings. The van der Waals surface area contributed by atoms with Gasteiger partial charge in [-0.05, 0) is 42.8 Å². The Bertz CT molecular complexity index is 695. The third-order valence-electron chi connectivity index (χ3n) is 3.77. The molecule has 0 N–H and O–H groups in total. The van der Waals surface area contributed by atoms with E-state index in [1.807, 2.05) is 12.1 Å². The first-order valence-electron chi connectivity index (χ1n) is 7.26. The van der Waals surface area contributed by atoms with Crippen LogP contribution in [0.3, 0.4) is 0 Å². The zero-order valence-electron chi connectivity index (χ0n) is 12.2. The highest BCUT2D eigenvalue weighted by molar-refractivity contribution is 5.76. The van der Waals surface area contributed by atoms with Crippen LogP contribution in [-0.2, 0) is 0 Å². The van der Waals surface area contributed by atoms with Crippen LogP contribution in [0, 0.1) is 0 Å². The summed E-state index contributed by atoms with van der Waals surface area (Å²) >= 11 is 0. The van der Waals surface area contributed by atoms with Crippen LogP contribution >= 0.6 is 0 Å². The highest BCUT2D eigenvalue weighted by Gasteiger charge is 2.24. The molecule has 21 heavy (non-hydrogen) atoms. The normalized spacial score (nSPS) is 17.5. The molecule has 1 heterocycles. The Hall–Kier alpha value is -2.54. The summed E-state index contributed by atoms with van der Waals surface area (Å²) in [6, 6.07) is 19.0. The van der Waals surface area contributed by atoms with Crippen LogP contribution in [0.25, 0.3) is 0 Å². The molecule has 0 amide bonds. The van der Waals surface area contributed by atoms with E-state index in [1.54, 1.807) is 0 Å². The summed E-state index contributed by atoms with van der Waals surface area (Å²) in [4.78, 5) is 2.27. The molecule has 3 rings (SSSR count). The average Bonchev–Trinajstić information content (AvgIpc) is 2.55. The first-order chi connectivity index (χ1) is 10.3. The zero-order valence-corrected chi connectivity index (χ0v) is 12.2. The third kappa shape index (κ3) is 2.43. The molecule has 1 nitrogen and oxygen atoms in total. The van der Waals surface area contributed by atoms with E-state index in [1.165, 1.54) is 11.3 Å². The number of rotatable bonds is 3. The van der Waals surface area contributed by atoms with E-state index in [-0.39, 0.29) is 0 Å². The van der Waals surface area contributed by atoms with Gasteiger partial charge in [-0.15, -0.1) is 0 Å². The van der Waals surface area contributed by atoms with Gasteiger partial charge in [0.2, 0.25) is 0 Å². The maximum absolute atomic E-state index is 3.99. The van der Waals surface area contributed by atoms with Crippen LogP contribution in [0.1, 0.15) is 18.4 Å². The molecule has 0 saturated heterocycles. The van der Waals surface area contributed by atoms with Crippen molar-refractivity contribution < 1.29 is 0 Å². The maximum Gasteiger partial charge on any atom is 0.0502 e. The van der Waals surface area contributed by atoms with Gasteiger partial charge in [0.15, 0.2) is 0 Å². The molecule has 1 heteroatoms. The van der Waals surface area contributed by atoms with E-state index < -0.39 is 0 Å². The van der Waals surface area contributed by atoms with Crippen LogP contribution in [0.4, 0.5) is 11.4 Å². The molecular weight excluding hydrogens is 254 g/mol. The molecule has 0 aliphatic carbocycles. The monoisotopic (exact) mass is 273 g/mol. The second-order valence-corrected chi connectivity index (χ2v) is 5.08. The van der Waals surface area contributed by atoms with E-state index in [0.717, 1.165) is 11.4 Å². The van der Waals surface area contributed by atoms with Gasteiger partial charge in [-0.3, -0.25) is 0 Å². The summed E-state index contributed by atoms with van der Waals surface area (Å²) in [5, 5.41) is 0. The Morgan fingerprint density at radius 3 is 2.43 bits per heavy atom. The largest absolute Gasteiger partial charge is 0.311 e. The topological polar surface area (TPSA) is 3.24 Å². The van der Waals surface area contributed by atoms with Crippen molar-refractivity contribution in [2.45, 2.75) is 12.8 Å². The first kappa shape index (κ1) is 13.4. The molecular formula is C20H19N. The summed E-state index contributed by atoms with van der Waals surface area (Å²) in [6.07, 6.45) is 8.53. The molecule has 1 atom stereocenters. The van der Waals surface area contributed by atoms with Crippen molar-refractivity contribution >= 4 is 11.4 Å². The van der Waals surface area contributed by atoms with Crippen LogP contribution in [0.5, 0.6) is 0 Å². The number of allylic oxidation sites excluding steroid dienone is 4. The zero-order chi connectivity index (χ0) is 14.7. The quantitative estimate of drug-likeness (QED) is 0.661. The standard InChI is InChI=1S/C20H19N/c1-3-10-16-15-17(4-2)21(18-11-6-5-7-12-18)20-14-9-8-13-19(16)20/h3-16H,2H2,1H3/b10-3-. The van der Waals surface area contributed by atoms with E-state index in [9.17, 15) is 0 Å².